The Morgan fingerprint density at radius 1 is 1.11 bits per heavy atom. The molecule has 1 saturated heterocycles. The van der Waals surface area contributed by atoms with Gasteiger partial charge in [0, 0.05) is 18.1 Å². The van der Waals surface area contributed by atoms with Gasteiger partial charge in [-0.3, -0.25) is 0 Å². The Bertz CT molecular complexity index is 533. The molecule has 0 saturated carbocycles. The van der Waals surface area contributed by atoms with Crippen molar-refractivity contribution < 1.29 is 0 Å². The maximum Gasteiger partial charge on any atom is 0.266 e. The van der Waals surface area contributed by atoms with Crippen LogP contribution in [0, 0.1) is 0 Å². The first-order valence-corrected chi connectivity index (χ1v) is 6.52. The number of piperidine rings is 1. The zero-order valence-electron chi connectivity index (χ0n) is 9.96. The molecule has 0 spiro atoms. The highest BCUT2D eigenvalue weighted by atomic mass is 35.5. The number of aromatic nitrogens is 4. The van der Waals surface area contributed by atoms with E-state index in [1.165, 1.54) is 24.1 Å². The van der Waals surface area contributed by atoms with Gasteiger partial charge in [-0.25, -0.2) is 0 Å². The third-order valence-electron chi connectivity index (χ3n) is 3.08. The summed E-state index contributed by atoms with van der Waals surface area (Å²) in [7, 11) is 0. The van der Waals surface area contributed by atoms with Crippen LogP contribution >= 0.6 is 11.6 Å². The molecule has 0 unspecified atom stereocenters. The molecule has 3 rings (SSSR count). The van der Waals surface area contributed by atoms with Crippen LogP contribution in [0.3, 0.4) is 0 Å². The molecule has 0 aliphatic carbocycles. The standard InChI is InChI=1S/C12H14ClN5/c13-10-5-4-6-11(9-10)18-15-12(14-16-18)17-7-2-1-3-8-17/h4-6,9H,1-3,7-8H2. The highest BCUT2D eigenvalue weighted by Crippen LogP contribution is 2.17. The van der Waals surface area contributed by atoms with E-state index in [1.54, 1.807) is 0 Å². The highest BCUT2D eigenvalue weighted by Gasteiger charge is 2.15. The number of nitrogens with zero attached hydrogens (tertiary/aromatic N) is 5. The van der Waals surface area contributed by atoms with Crippen LogP contribution in [0.2, 0.25) is 5.02 Å². The molecular formula is C12H14ClN5. The third-order valence-corrected chi connectivity index (χ3v) is 3.32. The van der Waals surface area contributed by atoms with E-state index in [-0.39, 0.29) is 0 Å². The first kappa shape index (κ1) is 11.5. The zero-order chi connectivity index (χ0) is 12.4. The number of rotatable bonds is 2. The first-order valence-electron chi connectivity index (χ1n) is 6.14. The van der Waals surface area contributed by atoms with Crippen molar-refractivity contribution >= 4 is 17.5 Å². The van der Waals surface area contributed by atoms with Gasteiger partial charge in [0.05, 0.1) is 5.69 Å². The van der Waals surface area contributed by atoms with Crippen LogP contribution in [0.4, 0.5) is 5.95 Å². The SMILES string of the molecule is Clc1cccc(-n2nnc(N3CCCCC3)n2)c1. The Morgan fingerprint density at radius 2 is 1.94 bits per heavy atom. The van der Waals surface area contributed by atoms with Gasteiger partial charge in [0.15, 0.2) is 0 Å². The summed E-state index contributed by atoms with van der Waals surface area (Å²) in [5.41, 5.74) is 0.832. The van der Waals surface area contributed by atoms with Crippen LogP contribution in [0.15, 0.2) is 24.3 Å². The molecule has 1 aliphatic rings. The summed E-state index contributed by atoms with van der Waals surface area (Å²) in [6.45, 7) is 2.03. The molecule has 1 aromatic carbocycles. The van der Waals surface area contributed by atoms with Crippen LogP contribution in [0.1, 0.15) is 19.3 Å². The van der Waals surface area contributed by atoms with Gasteiger partial charge < -0.3 is 4.90 Å². The predicted octanol–water partition coefficient (Wildman–Crippen LogP) is 2.31. The summed E-state index contributed by atoms with van der Waals surface area (Å²) in [6, 6.07) is 7.44. The number of hydrogen-bond donors (Lipinski definition) is 0. The zero-order valence-corrected chi connectivity index (χ0v) is 10.7. The van der Waals surface area contributed by atoms with Crippen LogP contribution < -0.4 is 4.90 Å². The second kappa shape index (κ2) is 4.94. The Balaban J connectivity index is 1.84. The molecule has 0 bridgehead atoms. The Morgan fingerprint density at radius 3 is 2.72 bits per heavy atom. The van der Waals surface area contributed by atoms with Gasteiger partial charge in [-0.05, 0) is 42.7 Å². The number of tetrazole rings is 1. The summed E-state index contributed by atoms with van der Waals surface area (Å²) < 4.78 is 0. The van der Waals surface area contributed by atoms with Crippen molar-refractivity contribution in [1.82, 2.24) is 20.2 Å². The summed E-state index contributed by atoms with van der Waals surface area (Å²) in [5, 5.41) is 13.3. The number of anilines is 1. The minimum atomic E-state index is 0.671. The quantitative estimate of drug-likeness (QED) is 0.834. The van der Waals surface area contributed by atoms with Crippen molar-refractivity contribution in [2.45, 2.75) is 19.3 Å². The van der Waals surface area contributed by atoms with Crippen LogP contribution in [-0.4, -0.2) is 33.3 Å². The molecule has 0 N–H and O–H groups in total. The fourth-order valence-corrected chi connectivity index (χ4v) is 2.32. The molecule has 6 heteroatoms. The van der Waals surface area contributed by atoms with E-state index in [2.05, 4.69) is 20.3 Å². The second-order valence-corrected chi connectivity index (χ2v) is 4.84. The molecule has 94 valence electrons. The monoisotopic (exact) mass is 263 g/mol. The summed E-state index contributed by atoms with van der Waals surface area (Å²) >= 11 is 5.95. The lowest BCUT2D eigenvalue weighted by Crippen LogP contribution is -2.30. The van der Waals surface area contributed by atoms with Crippen molar-refractivity contribution in [3.63, 3.8) is 0 Å². The van der Waals surface area contributed by atoms with Gasteiger partial charge >= 0.3 is 0 Å². The minimum absolute atomic E-state index is 0.671. The topological polar surface area (TPSA) is 46.8 Å². The Kier molecular flexibility index (Phi) is 3.15. The molecule has 18 heavy (non-hydrogen) atoms. The van der Waals surface area contributed by atoms with Gasteiger partial charge in [-0.1, -0.05) is 22.8 Å². The minimum Gasteiger partial charge on any atom is -0.338 e. The molecule has 2 aromatic rings. The van der Waals surface area contributed by atoms with Gasteiger partial charge in [0.1, 0.15) is 0 Å². The lowest BCUT2D eigenvalue weighted by molar-refractivity contribution is 0.568. The summed E-state index contributed by atoms with van der Waals surface area (Å²) in [5.74, 6) is 0.703. The van der Waals surface area contributed by atoms with Gasteiger partial charge in [0.25, 0.3) is 5.95 Å². The van der Waals surface area contributed by atoms with Gasteiger partial charge in [-0.2, -0.15) is 0 Å². The number of halogens is 1. The normalized spacial score (nSPS) is 15.9. The Hall–Kier alpha value is -1.62. The molecule has 0 atom stereocenters. The van der Waals surface area contributed by atoms with E-state index in [0.29, 0.717) is 11.0 Å². The molecule has 1 fully saturated rings. The van der Waals surface area contributed by atoms with E-state index >= 15 is 0 Å². The largest absolute Gasteiger partial charge is 0.338 e. The molecule has 5 nitrogen and oxygen atoms in total. The lowest BCUT2D eigenvalue weighted by Gasteiger charge is -2.24. The predicted molar refractivity (Wildman–Crippen MR) is 70.2 cm³/mol. The van der Waals surface area contributed by atoms with Gasteiger partial charge in [-0.15, -0.1) is 9.90 Å². The van der Waals surface area contributed by atoms with E-state index in [9.17, 15) is 0 Å². The van der Waals surface area contributed by atoms with E-state index in [1.807, 2.05) is 24.3 Å². The van der Waals surface area contributed by atoms with Crippen LogP contribution in [-0.2, 0) is 0 Å². The van der Waals surface area contributed by atoms with Crippen molar-refractivity contribution in [3.05, 3.63) is 29.3 Å². The number of benzene rings is 1. The molecular weight excluding hydrogens is 250 g/mol. The second-order valence-electron chi connectivity index (χ2n) is 4.41. The summed E-state index contributed by atoms with van der Waals surface area (Å²) in [4.78, 5) is 3.70. The maximum absolute atomic E-state index is 5.95. The van der Waals surface area contributed by atoms with Crippen molar-refractivity contribution in [2.75, 3.05) is 18.0 Å². The van der Waals surface area contributed by atoms with E-state index in [0.717, 1.165) is 18.8 Å². The maximum atomic E-state index is 5.95. The van der Waals surface area contributed by atoms with Crippen molar-refractivity contribution in [1.29, 1.82) is 0 Å². The Labute approximate surface area is 110 Å². The van der Waals surface area contributed by atoms with Crippen molar-refractivity contribution in [2.24, 2.45) is 0 Å². The lowest BCUT2D eigenvalue weighted by atomic mass is 10.1. The average Bonchev–Trinajstić information content (AvgIpc) is 2.89. The molecule has 0 amide bonds. The molecule has 0 radical (unpaired) electrons. The van der Waals surface area contributed by atoms with Gasteiger partial charge in [0.2, 0.25) is 0 Å². The number of hydrogen-bond acceptors (Lipinski definition) is 4. The molecule has 2 heterocycles. The van der Waals surface area contributed by atoms with Crippen molar-refractivity contribution in [3.8, 4) is 5.69 Å². The van der Waals surface area contributed by atoms with E-state index < -0.39 is 0 Å². The highest BCUT2D eigenvalue weighted by molar-refractivity contribution is 6.30. The molecule has 1 aliphatic heterocycles. The van der Waals surface area contributed by atoms with Crippen LogP contribution in [0.25, 0.3) is 5.69 Å². The molecule has 1 aromatic heterocycles. The fourth-order valence-electron chi connectivity index (χ4n) is 2.14. The summed E-state index contributed by atoms with van der Waals surface area (Å²) in [6.07, 6.45) is 3.69. The van der Waals surface area contributed by atoms with Crippen LogP contribution in [0.5, 0.6) is 0 Å². The third kappa shape index (κ3) is 2.31. The fraction of sp³-hybridized carbons (Fsp3) is 0.417. The first-order chi connectivity index (χ1) is 8.83. The van der Waals surface area contributed by atoms with E-state index in [4.69, 9.17) is 11.6 Å². The average molecular weight is 264 g/mol. The smallest absolute Gasteiger partial charge is 0.266 e.